The number of alkyl halides is 1. The number of fused-ring (bicyclic) bond motifs is 1. The molecule has 0 radical (unpaired) electrons. The molecule has 1 atom stereocenters. The van der Waals surface area contributed by atoms with Crippen LogP contribution in [-0.2, 0) is 17.7 Å². The average molecular weight is 416 g/mol. The van der Waals surface area contributed by atoms with Crippen LogP contribution in [0.25, 0.3) is 22.6 Å². The van der Waals surface area contributed by atoms with E-state index in [0.29, 0.717) is 30.3 Å². The molecule has 5 nitrogen and oxygen atoms in total. The van der Waals surface area contributed by atoms with Crippen molar-refractivity contribution in [3.05, 3.63) is 52.4 Å². The van der Waals surface area contributed by atoms with Crippen molar-refractivity contribution in [2.45, 2.75) is 32.9 Å². The summed E-state index contributed by atoms with van der Waals surface area (Å²) >= 11 is 6.36. The van der Waals surface area contributed by atoms with Crippen molar-refractivity contribution in [1.29, 1.82) is 0 Å². The monoisotopic (exact) mass is 415 g/mol. The zero-order chi connectivity index (χ0) is 20.5. The average Bonchev–Trinajstić information content (AvgIpc) is 2.90. The first kappa shape index (κ1) is 19.9. The molecule has 0 saturated carbocycles. The van der Waals surface area contributed by atoms with Crippen molar-refractivity contribution in [3.8, 4) is 28.4 Å². The molecule has 0 amide bonds. The summed E-state index contributed by atoms with van der Waals surface area (Å²) in [7, 11) is 1.58. The number of methoxy groups -OCH3 is 1. The summed E-state index contributed by atoms with van der Waals surface area (Å²) in [6, 6.07) is 9.63. The first-order chi connectivity index (χ1) is 14.0. The number of benzene rings is 1. The van der Waals surface area contributed by atoms with Gasteiger partial charge in [-0.25, -0.2) is 9.37 Å². The van der Waals surface area contributed by atoms with Crippen LogP contribution in [0.4, 0.5) is 4.39 Å². The van der Waals surface area contributed by atoms with Gasteiger partial charge >= 0.3 is 0 Å². The van der Waals surface area contributed by atoms with Crippen molar-refractivity contribution in [2.75, 3.05) is 20.4 Å². The van der Waals surface area contributed by atoms with Gasteiger partial charge in [0.05, 0.1) is 31.0 Å². The van der Waals surface area contributed by atoms with E-state index in [4.69, 9.17) is 26.1 Å². The molecular formula is C22H23ClFN3O2. The Labute approximate surface area is 174 Å². The number of rotatable bonds is 4. The Balaban J connectivity index is 1.91. The molecular weight excluding hydrogens is 393 g/mol. The van der Waals surface area contributed by atoms with Crippen LogP contribution in [0.3, 0.4) is 0 Å². The molecule has 1 aliphatic heterocycles. The van der Waals surface area contributed by atoms with E-state index in [9.17, 15) is 4.39 Å². The normalized spacial score (nSPS) is 16.4. The van der Waals surface area contributed by atoms with Crippen LogP contribution in [0.2, 0.25) is 5.02 Å². The van der Waals surface area contributed by atoms with Crippen molar-refractivity contribution in [2.24, 2.45) is 0 Å². The van der Waals surface area contributed by atoms with E-state index in [0.717, 1.165) is 39.7 Å². The fourth-order valence-corrected chi connectivity index (χ4v) is 4.09. The molecule has 3 aromatic rings. The summed E-state index contributed by atoms with van der Waals surface area (Å²) in [4.78, 5) is 9.45. The second kappa shape index (κ2) is 8.13. The third-order valence-electron chi connectivity index (χ3n) is 5.09. The van der Waals surface area contributed by atoms with Crippen LogP contribution >= 0.6 is 11.6 Å². The molecule has 3 heterocycles. The van der Waals surface area contributed by atoms with Gasteiger partial charge in [0, 0.05) is 34.6 Å². The van der Waals surface area contributed by atoms with Crippen LogP contribution < -0.4 is 4.74 Å². The number of aryl methyl sites for hydroxylation is 2. The maximum absolute atomic E-state index is 13.5. The van der Waals surface area contributed by atoms with Crippen LogP contribution in [0.5, 0.6) is 5.75 Å². The summed E-state index contributed by atoms with van der Waals surface area (Å²) in [5, 5.41) is 0.506. The zero-order valence-electron chi connectivity index (χ0n) is 16.7. The molecule has 0 unspecified atom stereocenters. The fraction of sp³-hybridized carbons (Fsp3) is 0.364. The molecule has 0 saturated heterocycles. The predicted molar refractivity (Wildman–Crippen MR) is 111 cm³/mol. The first-order valence-electron chi connectivity index (χ1n) is 9.56. The van der Waals surface area contributed by atoms with E-state index >= 15 is 0 Å². The first-order valence-corrected chi connectivity index (χ1v) is 9.94. The highest BCUT2D eigenvalue weighted by Gasteiger charge is 2.26. The number of pyridine rings is 1. The molecule has 29 heavy (non-hydrogen) atoms. The number of nitrogens with zero attached hydrogens (tertiary/aromatic N) is 3. The van der Waals surface area contributed by atoms with E-state index < -0.39 is 12.8 Å². The quantitative estimate of drug-likeness (QED) is 0.614. The smallest absolute Gasteiger partial charge is 0.141 e. The minimum Gasteiger partial charge on any atom is -0.495 e. The van der Waals surface area contributed by atoms with Gasteiger partial charge in [0.2, 0.25) is 0 Å². The van der Waals surface area contributed by atoms with Gasteiger partial charge in [-0.1, -0.05) is 11.6 Å². The van der Waals surface area contributed by atoms with Gasteiger partial charge in [0.1, 0.15) is 24.4 Å². The lowest BCUT2D eigenvalue weighted by molar-refractivity contribution is 0.0355. The molecule has 0 spiro atoms. The van der Waals surface area contributed by atoms with Crippen LogP contribution in [0.1, 0.15) is 17.1 Å². The van der Waals surface area contributed by atoms with Gasteiger partial charge in [-0.3, -0.25) is 4.98 Å². The molecule has 0 N–H and O–H groups in total. The highest BCUT2D eigenvalue weighted by Crippen LogP contribution is 2.35. The second-order valence-electron chi connectivity index (χ2n) is 7.23. The summed E-state index contributed by atoms with van der Waals surface area (Å²) in [5.74, 6) is 1.35. The van der Waals surface area contributed by atoms with E-state index in [-0.39, 0.29) is 0 Å². The Bertz CT molecular complexity index is 1030. The lowest BCUT2D eigenvalue weighted by Gasteiger charge is -2.14. The zero-order valence-corrected chi connectivity index (χ0v) is 17.5. The van der Waals surface area contributed by atoms with Gasteiger partial charge in [-0.2, -0.15) is 0 Å². The van der Waals surface area contributed by atoms with Gasteiger partial charge < -0.3 is 14.0 Å². The minimum absolute atomic E-state index is 0.404. The molecule has 0 bridgehead atoms. The van der Waals surface area contributed by atoms with Crippen molar-refractivity contribution < 1.29 is 13.9 Å². The molecule has 152 valence electrons. The third kappa shape index (κ3) is 3.87. The van der Waals surface area contributed by atoms with Gasteiger partial charge in [-0.15, -0.1) is 0 Å². The standard InChI is InChI=1S/C22H23ClFN3O2/c1-13-8-16(9-14(2)25-13)21-19-6-7-29-17(11-24)12-27(19)22(26-21)15-4-5-20(28-3)18(23)10-15/h4-5,8-10,17H,6-7,11-12H2,1-3H3/t17-/m1/s1. The lowest BCUT2D eigenvalue weighted by Crippen LogP contribution is -2.21. The Kier molecular flexibility index (Phi) is 5.56. The number of halogens is 2. The van der Waals surface area contributed by atoms with Crippen molar-refractivity contribution in [1.82, 2.24) is 14.5 Å². The summed E-state index contributed by atoms with van der Waals surface area (Å²) < 4.78 is 26.5. The largest absolute Gasteiger partial charge is 0.495 e. The molecule has 1 aromatic carbocycles. The van der Waals surface area contributed by atoms with E-state index in [1.54, 1.807) is 7.11 Å². The van der Waals surface area contributed by atoms with Gasteiger partial charge in [0.25, 0.3) is 0 Å². The molecule has 1 aliphatic rings. The second-order valence-corrected chi connectivity index (χ2v) is 7.63. The highest BCUT2D eigenvalue weighted by atomic mass is 35.5. The molecule has 2 aromatic heterocycles. The van der Waals surface area contributed by atoms with Gasteiger partial charge in [-0.05, 0) is 44.2 Å². The van der Waals surface area contributed by atoms with Crippen molar-refractivity contribution in [3.63, 3.8) is 0 Å². The van der Waals surface area contributed by atoms with Crippen LogP contribution in [0, 0.1) is 13.8 Å². The summed E-state index contributed by atoms with van der Waals surface area (Å²) in [5.41, 5.74) is 5.63. The maximum atomic E-state index is 13.5. The maximum Gasteiger partial charge on any atom is 0.141 e. The van der Waals surface area contributed by atoms with E-state index in [2.05, 4.69) is 9.55 Å². The van der Waals surface area contributed by atoms with E-state index in [1.807, 2.05) is 44.2 Å². The number of aromatic nitrogens is 3. The summed E-state index contributed by atoms with van der Waals surface area (Å²) in [6.45, 7) is 4.26. The SMILES string of the molecule is COc1ccc(-c2nc(-c3cc(C)nc(C)c3)c3n2C[C@@H](CF)OCC3)cc1Cl. The van der Waals surface area contributed by atoms with Gasteiger partial charge in [0.15, 0.2) is 0 Å². The lowest BCUT2D eigenvalue weighted by atomic mass is 10.1. The minimum atomic E-state index is -0.538. The van der Waals surface area contributed by atoms with Crippen LogP contribution in [-0.4, -0.2) is 41.0 Å². The number of imidazole rings is 1. The topological polar surface area (TPSA) is 49.2 Å². The Morgan fingerprint density at radius 2 is 1.93 bits per heavy atom. The highest BCUT2D eigenvalue weighted by molar-refractivity contribution is 6.32. The van der Waals surface area contributed by atoms with E-state index in [1.165, 1.54) is 0 Å². The Morgan fingerprint density at radius 1 is 1.17 bits per heavy atom. The van der Waals surface area contributed by atoms with Crippen LogP contribution in [0.15, 0.2) is 30.3 Å². The molecule has 0 aliphatic carbocycles. The Morgan fingerprint density at radius 3 is 2.59 bits per heavy atom. The number of hydrogen-bond acceptors (Lipinski definition) is 4. The third-order valence-corrected chi connectivity index (χ3v) is 5.38. The fourth-order valence-electron chi connectivity index (χ4n) is 3.84. The number of hydrogen-bond donors (Lipinski definition) is 0. The molecule has 4 rings (SSSR count). The number of ether oxygens (including phenoxy) is 2. The molecule has 0 fully saturated rings. The molecule has 7 heteroatoms. The van der Waals surface area contributed by atoms with Crippen molar-refractivity contribution >= 4 is 11.6 Å². The predicted octanol–water partition coefficient (Wildman–Crippen LogP) is 4.80. The Hall–Kier alpha value is -2.44. The summed E-state index contributed by atoms with van der Waals surface area (Å²) in [6.07, 6.45) is 0.162.